The van der Waals surface area contributed by atoms with Crippen molar-refractivity contribution in [3.8, 4) is 11.8 Å². The molecule has 38 heavy (non-hydrogen) atoms. The second-order valence-corrected chi connectivity index (χ2v) is 9.69. The number of pyridine rings is 1. The first-order valence-electron chi connectivity index (χ1n) is 13.0. The van der Waals surface area contributed by atoms with E-state index >= 15 is 0 Å². The van der Waals surface area contributed by atoms with Gasteiger partial charge in [0.2, 0.25) is 0 Å². The van der Waals surface area contributed by atoms with Gasteiger partial charge in [0.05, 0.1) is 23.5 Å². The third-order valence-corrected chi connectivity index (χ3v) is 7.31. The topological polar surface area (TPSA) is 118 Å². The van der Waals surface area contributed by atoms with Gasteiger partial charge in [-0.05, 0) is 56.5 Å². The molecule has 0 bridgehead atoms. The molecule has 10 nitrogen and oxygen atoms in total. The normalized spacial score (nSPS) is 17.7. The Balaban J connectivity index is 1.20. The number of ether oxygens (including phenoxy) is 1. The van der Waals surface area contributed by atoms with Gasteiger partial charge in [-0.25, -0.2) is 10.1 Å². The minimum atomic E-state index is -0.173. The summed E-state index contributed by atoms with van der Waals surface area (Å²) < 4.78 is 6.18. The summed E-state index contributed by atoms with van der Waals surface area (Å²) in [6.07, 6.45) is 6.40. The lowest BCUT2D eigenvalue weighted by atomic mass is 10.0. The highest BCUT2D eigenvalue weighted by molar-refractivity contribution is 5.94. The molecule has 1 amide bonds. The number of nitriles is 1. The van der Waals surface area contributed by atoms with Gasteiger partial charge in [-0.2, -0.15) is 10.4 Å². The zero-order valence-corrected chi connectivity index (χ0v) is 21.5. The van der Waals surface area contributed by atoms with Crippen LogP contribution < -0.4 is 20.1 Å². The molecule has 1 unspecified atom stereocenters. The van der Waals surface area contributed by atoms with E-state index in [0.29, 0.717) is 55.2 Å². The summed E-state index contributed by atoms with van der Waals surface area (Å²) in [5.74, 6) is 1.45. The van der Waals surface area contributed by atoms with Crippen LogP contribution in [0.4, 0.5) is 11.5 Å². The minimum absolute atomic E-state index is 0.0209. The van der Waals surface area contributed by atoms with Crippen molar-refractivity contribution in [1.82, 2.24) is 20.1 Å². The first-order chi connectivity index (χ1) is 18.5. The quantitative estimate of drug-likeness (QED) is 0.535. The fourth-order valence-electron chi connectivity index (χ4n) is 5.10. The summed E-state index contributed by atoms with van der Waals surface area (Å²) in [6, 6.07) is 13.2. The van der Waals surface area contributed by atoms with Crippen LogP contribution in [0.5, 0.6) is 5.75 Å². The Morgan fingerprint density at radius 3 is 2.74 bits per heavy atom. The van der Waals surface area contributed by atoms with E-state index in [1.807, 2.05) is 42.2 Å². The van der Waals surface area contributed by atoms with Crippen LogP contribution >= 0.6 is 0 Å². The molecule has 4 heterocycles. The first kappa shape index (κ1) is 25.3. The molecular weight excluding hydrogens is 482 g/mol. The summed E-state index contributed by atoms with van der Waals surface area (Å²) in [5, 5.41) is 15.5. The summed E-state index contributed by atoms with van der Waals surface area (Å²) in [4.78, 5) is 35.9. The lowest BCUT2D eigenvalue weighted by Gasteiger charge is -2.37. The number of piperazine rings is 1. The Morgan fingerprint density at radius 1 is 1.13 bits per heavy atom. The van der Waals surface area contributed by atoms with Gasteiger partial charge in [-0.15, -0.1) is 0 Å². The number of aromatic nitrogens is 3. The van der Waals surface area contributed by atoms with E-state index in [0.717, 1.165) is 37.3 Å². The second kappa shape index (κ2) is 11.3. The molecule has 196 valence electrons. The Kier molecular flexibility index (Phi) is 7.54. The van der Waals surface area contributed by atoms with E-state index in [2.05, 4.69) is 31.1 Å². The molecule has 0 radical (unpaired) electrons. The number of anilines is 2. The molecule has 10 heteroatoms. The molecule has 2 fully saturated rings. The Hall–Kier alpha value is -4.39. The molecular formula is C28H31N7O3. The van der Waals surface area contributed by atoms with E-state index < -0.39 is 0 Å². The Bertz CT molecular complexity index is 1370. The van der Waals surface area contributed by atoms with Crippen molar-refractivity contribution in [3.05, 3.63) is 75.8 Å². The zero-order chi connectivity index (χ0) is 26.5. The standard InChI is InChI=1S/C28H31N7O3/c1-20-25(18-31-32-27(20)36)35-10-3-2-6-23(35)19-38-24-7-4-5-22(15-24)28(37)34-13-11-33(12-14-34)26-9-8-21(16-29)17-30-26/h4-5,7-9,15,17-18,23H,2-3,6,10-14,19H2,1H3,(H,32,36). The van der Waals surface area contributed by atoms with Crippen LogP contribution in [0.25, 0.3) is 0 Å². The highest BCUT2D eigenvalue weighted by atomic mass is 16.5. The molecule has 3 aromatic rings. The first-order valence-corrected chi connectivity index (χ1v) is 13.0. The van der Waals surface area contributed by atoms with Crippen LogP contribution in [0, 0.1) is 18.3 Å². The van der Waals surface area contributed by atoms with Gasteiger partial charge in [-0.1, -0.05) is 6.07 Å². The van der Waals surface area contributed by atoms with E-state index in [9.17, 15) is 9.59 Å². The van der Waals surface area contributed by atoms with Crippen molar-refractivity contribution < 1.29 is 9.53 Å². The predicted octanol–water partition coefficient (Wildman–Crippen LogP) is 2.75. The number of H-pyrrole nitrogens is 1. The predicted molar refractivity (Wildman–Crippen MR) is 144 cm³/mol. The fraction of sp³-hybridized carbons (Fsp3) is 0.393. The van der Waals surface area contributed by atoms with Gasteiger partial charge in [0, 0.05) is 50.0 Å². The highest BCUT2D eigenvalue weighted by Gasteiger charge is 2.26. The number of aromatic amines is 1. The van der Waals surface area contributed by atoms with Crippen molar-refractivity contribution in [3.63, 3.8) is 0 Å². The molecule has 0 aliphatic carbocycles. The molecule has 5 rings (SSSR count). The van der Waals surface area contributed by atoms with Crippen molar-refractivity contribution in [1.29, 1.82) is 5.26 Å². The van der Waals surface area contributed by atoms with Gasteiger partial charge in [0.1, 0.15) is 24.2 Å². The second-order valence-electron chi connectivity index (χ2n) is 9.69. The van der Waals surface area contributed by atoms with Crippen LogP contribution in [0.15, 0.2) is 53.6 Å². The van der Waals surface area contributed by atoms with Crippen molar-refractivity contribution >= 4 is 17.4 Å². The van der Waals surface area contributed by atoms with Gasteiger partial charge in [-0.3, -0.25) is 9.59 Å². The van der Waals surface area contributed by atoms with E-state index in [1.165, 1.54) is 0 Å². The molecule has 2 aliphatic heterocycles. The third kappa shape index (κ3) is 5.47. The van der Waals surface area contributed by atoms with Crippen LogP contribution in [0.1, 0.15) is 40.7 Å². The van der Waals surface area contributed by atoms with Crippen molar-refractivity contribution in [2.24, 2.45) is 0 Å². The van der Waals surface area contributed by atoms with Gasteiger partial charge < -0.3 is 19.4 Å². The lowest BCUT2D eigenvalue weighted by Crippen LogP contribution is -2.49. The maximum absolute atomic E-state index is 13.2. The fourth-order valence-corrected chi connectivity index (χ4v) is 5.10. The largest absolute Gasteiger partial charge is 0.491 e. The smallest absolute Gasteiger partial charge is 0.269 e. The van der Waals surface area contributed by atoms with Crippen LogP contribution in [-0.4, -0.2) is 71.4 Å². The van der Waals surface area contributed by atoms with Crippen LogP contribution in [0.3, 0.4) is 0 Å². The number of amides is 1. The number of rotatable bonds is 6. The van der Waals surface area contributed by atoms with E-state index in [4.69, 9.17) is 10.00 Å². The lowest BCUT2D eigenvalue weighted by molar-refractivity contribution is 0.0746. The molecule has 2 saturated heterocycles. The molecule has 0 spiro atoms. The maximum atomic E-state index is 13.2. The molecule has 2 aromatic heterocycles. The zero-order valence-electron chi connectivity index (χ0n) is 21.5. The maximum Gasteiger partial charge on any atom is 0.269 e. The molecule has 1 atom stereocenters. The number of carbonyl (C=O) groups is 1. The third-order valence-electron chi connectivity index (χ3n) is 7.31. The van der Waals surface area contributed by atoms with Crippen molar-refractivity contribution in [2.75, 3.05) is 49.1 Å². The summed E-state index contributed by atoms with van der Waals surface area (Å²) in [5.41, 5.74) is 2.47. The van der Waals surface area contributed by atoms with Crippen molar-refractivity contribution in [2.45, 2.75) is 32.2 Å². The number of nitrogens with zero attached hydrogens (tertiary/aromatic N) is 6. The van der Waals surface area contributed by atoms with Crippen LogP contribution in [0.2, 0.25) is 0 Å². The Morgan fingerprint density at radius 2 is 1.97 bits per heavy atom. The molecule has 0 saturated carbocycles. The van der Waals surface area contributed by atoms with E-state index in [-0.39, 0.29) is 17.5 Å². The highest BCUT2D eigenvalue weighted by Crippen LogP contribution is 2.26. The van der Waals surface area contributed by atoms with Crippen LogP contribution in [-0.2, 0) is 0 Å². The number of piperidine rings is 1. The summed E-state index contributed by atoms with van der Waals surface area (Å²) in [7, 11) is 0. The minimum Gasteiger partial charge on any atom is -0.491 e. The molecule has 2 aliphatic rings. The SMILES string of the molecule is Cc1c(N2CCCCC2COc2cccc(C(=O)N3CCN(c4ccc(C#N)cn4)CC3)c2)cn[nH]c1=O. The molecule has 1 N–H and O–H groups in total. The molecule has 1 aromatic carbocycles. The average Bonchev–Trinajstić information content (AvgIpc) is 2.97. The number of hydrogen-bond acceptors (Lipinski definition) is 8. The van der Waals surface area contributed by atoms with E-state index in [1.54, 1.807) is 18.5 Å². The van der Waals surface area contributed by atoms with Gasteiger partial charge >= 0.3 is 0 Å². The number of carbonyl (C=O) groups excluding carboxylic acids is 1. The summed E-state index contributed by atoms with van der Waals surface area (Å²) in [6.45, 7) is 5.66. The van der Waals surface area contributed by atoms with Gasteiger partial charge in [0.25, 0.3) is 11.5 Å². The Labute approximate surface area is 221 Å². The number of benzene rings is 1. The van der Waals surface area contributed by atoms with Gasteiger partial charge in [0.15, 0.2) is 0 Å². The number of nitrogens with one attached hydrogen (secondary N) is 1. The monoisotopic (exact) mass is 513 g/mol. The number of hydrogen-bond donors (Lipinski definition) is 1. The average molecular weight is 514 g/mol. The summed E-state index contributed by atoms with van der Waals surface area (Å²) >= 11 is 0.